The fourth-order valence-electron chi connectivity index (χ4n) is 4.60. The molecule has 146 valence electrons. The standard InChI is InChI=1S/C23H27N3O2/c1-3-26-20-11-7-6-10-18(20)19-14-17(12-13-21(19)26)25-23(28)22(24-15(2)27)16-8-4-5-9-16/h6-7,10-14,16,22H,3-5,8-9H2,1-2H3,(H,24,27)(H,25,28). The zero-order chi connectivity index (χ0) is 19.7. The molecule has 1 aromatic heterocycles. The smallest absolute Gasteiger partial charge is 0.247 e. The Labute approximate surface area is 165 Å². The minimum absolute atomic E-state index is 0.124. The molecule has 2 amide bonds. The summed E-state index contributed by atoms with van der Waals surface area (Å²) in [6.07, 6.45) is 4.22. The molecule has 3 aromatic rings. The molecule has 2 N–H and O–H groups in total. The Kier molecular flexibility index (Phi) is 5.07. The predicted molar refractivity (Wildman–Crippen MR) is 113 cm³/mol. The lowest BCUT2D eigenvalue weighted by Crippen LogP contribution is -2.47. The molecule has 28 heavy (non-hydrogen) atoms. The van der Waals surface area contributed by atoms with Crippen LogP contribution >= 0.6 is 0 Å². The predicted octanol–water partition coefficient (Wildman–Crippen LogP) is 4.45. The second kappa shape index (κ2) is 7.66. The molecule has 0 spiro atoms. The molecule has 0 saturated heterocycles. The van der Waals surface area contributed by atoms with Crippen LogP contribution in [0.3, 0.4) is 0 Å². The lowest BCUT2D eigenvalue weighted by Gasteiger charge is -2.23. The molecule has 5 nitrogen and oxygen atoms in total. The van der Waals surface area contributed by atoms with Crippen molar-refractivity contribution in [2.75, 3.05) is 5.32 Å². The van der Waals surface area contributed by atoms with E-state index in [-0.39, 0.29) is 17.7 Å². The van der Waals surface area contributed by atoms with Crippen molar-refractivity contribution >= 4 is 39.3 Å². The molecule has 1 aliphatic carbocycles. The van der Waals surface area contributed by atoms with E-state index in [0.717, 1.165) is 48.8 Å². The minimum atomic E-state index is -0.465. The molecule has 1 aliphatic rings. The van der Waals surface area contributed by atoms with Crippen molar-refractivity contribution in [2.45, 2.75) is 52.1 Å². The van der Waals surface area contributed by atoms with Crippen LogP contribution in [0.1, 0.15) is 39.5 Å². The number of fused-ring (bicyclic) bond motifs is 3. The maximum atomic E-state index is 13.0. The third-order valence-corrected chi connectivity index (χ3v) is 5.87. The Morgan fingerprint density at radius 2 is 1.79 bits per heavy atom. The molecule has 1 unspecified atom stereocenters. The number of amides is 2. The highest BCUT2D eigenvalue weighted by Crippen LogP contribution is 2.32. The van der Waals surface area contributed by atoms with Crippen LogP contribution in [0, 0.1) is 5.92 Å². The molecular formula is C23H27N3O2. The number of nitrogens with zero attached hydrogens (tertiary/aromatic N) is 1. The number of anilines is 1. The normalized spacial score (nSPS) is 15.8. The summed E-state index contributed by atoms with van der Waals surface area (Å²) in [5, 5.41) is 8.23. The van der Waals surface area contributed by atoms with Gasteiger partial charge in [0.15, 0.2) is 0 Å². The van der Waals surface area contributed by atoms with Crippen molar-refractivity contribution in [1.82, 2.24) is 9.88 Å². The zero-order valence-electron chi connectivity index (χ0n) is 16.5. The number of hydrogen-bond donors (Lipinski definition) is 2. The molecule has 5 heteroatoms. The first-order valence-corrected chi connectivity index (χ1v) is 10.2. The first-order valence-electron chi connectivity index (χ1n) is 10.2. The van der Waals surface area contributed by atoms with E-state index in [0.29, 0.717) is 0 Å². The van der Waals surface area contributed by atoms with Gasteiger partial charge in [-0.1, -0.05) is 31.0 Å². The molecule has 2 aromatic carbocycles. The molecule has 1 saturated carbocycles. The van der Waals surface area contributed by atoms with E-state index in [4.69, 9.17) is 0 Å². The number of hydrogen-bond acceptors (Lipinski definition) is 2. The zero-order valence-corrected chi connectivity index (χ0v) is 16.5. The van der Waals surface area contributed by atoms with Gasteiger partial charge < -0.3 is 15.2 Å². The van der Waals surface area contributed by atoms with Gasteiger partial charge in [-0.15, -0.1) is 0 Å². The highest BCUT2D eigenvalue weighted by molar-refractivity contribution is 6.10. The number of nitrogens with one attached hydrogen (secondary N) is 2. The van der Waals surface area contributed by atoms with E-state index in [9.17, 15) is 9.59 Å². The average molecular weight is 377 g/mol. The average Bonchev–Trinajstić information content (AvgIpc) is 3.32. The number of aryl methyl sites for hydroxylation is 1. The van der Waals surface area contributed by atoms with Crippen LogP contribution in [-0.2, 0) is 16.1 Å². The summed E-state index contributed by atoms with van der Waals surface area (Å²) in [5.41, 5.74) is 3.13. The number of rotatable bonds is 5. The first-order chi connectivity index (χ1) is 13.6. The lowest BCUT2D eigenvalue weighted by atomic mass is 9.97. The van der Waals surface area contributed by atoms with Gasteiger partial charge in [0.25, 0.3) is 0 Å². The second-order valence-electron chi connectivity index (χ2n) is 7.71. The van der Waals surface area contributed by atoms with Crippen molar-refractivity contribution in [2.24, 2.45) is 5.92 Å². The Balaban J connectivity index is 1.66. The van der Waals surface area contributed by atoms with Gasteiger partial charge in [-0.2, -0.15) is 0 Å². The topological polar surface area (TPSA) is 63.1 Å². The van der Waals surface area contributed by atoms with Gasteiger partial charge in [0, 0.05) is 41.0 Å². The number of para-hydroxylation sites is 1. The first kappa shape index (κ1) is 18.5. The highest BCUT2D eigenvalue weighted by atomic mass is 16.2. The van der Waals surface area contributed by atoms with Crippen molar-refractivity contribution in [3.8, 4) is 0 Å². The molecule has 0 aliphatic heterocycles. The van der Waals surface area contributed by atoms with Gasteiger partial charge in [-0.05, 0) is 49.9 Å². The summed E-state index contributed by atoms with van der Waals surface area (Å²) < 4.78 is 2.29. The second-order valence-corrected chi connectivity index (χ2v) is 7.71. The van der Waals surface area contributed by atoms with Crippen molar-refractivity contribution in [3.63, 3.8) is 0 Å². The Hall–Kier alpha value is -2.82. The Morgan fingerprint density at radius 1 is 1.07 bits per heavy atom. The molecular weight excluding hydrogens is 350 g/mol. The van der Waals surface area contributed by atoms with Gasteiger partial charge in [0.05, 0.1) is 0 Å². The summed E-state index contributed by atoms with van der Waals surface area (Å²) in [4.78, 5) is 24.6. The summed E-state index contributed by atoms with van der Waals surface area (Å²) >= 11 is 0. The van der Waals surface area contributed by atoms with E-state index in [1.807, 2.05) is 18.2 Å². The summed E-state index contributed by atoms with van der Waals surface area (Å²) in [5.74, 6) is -0.0659. The number of carbonyl (C=O) groups is 2. The molecule has 0 radical (unpaired) electrons. The molecule has 1 fully saturated rings. The van der Waals surface area contributed by atoms with E-state index < -0.39 is 6.04 Å². The van der Waals surface area contributed by atoms with Crippen molar-refractivity contribution < 1.29 is 9.59 Å². The summed E-state index contributed by atoms with van der Waals surface area (Å²) in [6.45, 7) is 4.50. The van der Waals surface area contributed by atoms with Gasteiger partial charge in [0.2, 0.25) is 11.8 Å². The van der Waals surface area contributed by atoms with Crippen molar-refractivity contribution in [3.05, 3.63) is 42.5 Å². The fraction of sp³-hybridized carbons (Fsp3) is 0.391. The summed E-state index contributed by atoms with van der Waals surface area (Å²) in [6, 6.07) is 13.9. The van der Waals surface area contributed by atoms with E-state index in [1.165, 1.54) is 17.8 Å². The van der Waals surface area contributed by atoms with E-state index in [2.05, 4.69) is 46.4 Å². The van der Waals surface area contributed by atoms with Gasteiger partial charge in [-0.25, -0.2) is 0 Å². The van der Waals surface area contributed by atoms with Crippen LogP contribution in [-0.4, -0.2) is 22.4 Å². The molecule has 1 heterocycles. The number of carbonyl (C=O) groups excluding carboxylic acids is 2. The SMILES string of the molecule is CCn1c2ccccc2c2cc(NC(=O)C(NC(C)=O)C3CCCC3)ccc21. The minimum Gasteiger partial charge on any atom is -0.344 e. The third-order valence-electron chi connectivity index (χ3n) is 5.87. The Bertz CT molecular complexity index is 1030. The number of benzene rings is 2. The van der Waals surface area contributed by atoms with E-state index >= 15 is 0 Å². The van der Waals surface area contributed by atoms with E-state index in [1.54, 1.807) is 0 Å². The van der Waals surface area contributed by atoms with Crippen LogP contribution in [0.25, 0.3) is 21.8 Å². The van der Waals surface area contributed by atoms with Crippen LogP contribution < -0.4 is 10.6 Å². The maximum absolute atomic E-state index is 13.0. The van der Waals surface area contributed by atoms with Crippen LogP contribution in [0.2, 0.25) is 0 Å². The molecule has 0 bridgehead atoms. The number of aromatic nitrogens is 1. The lowest BCUT2D eigenvalue weighted by molar-refractivity contribution is -0.126. The maximum Gasteiger partial charge on any atom is 0.247 e. The van der Waals surface area contributed by atoms with Gasteiger partial charge in [0.1, 0.15) is 6.04 Å². The fourth-order valence-corrected chi connectivity index (χ4v) is 4.60. The highest BCUT2D eigenvalue weighted by Gasteiger charge is 2.31. The van der Waals surface area contributed by atoms with Crippen LogP contribution in [0.15, 0.2) is 42.5 Å². The van der Waals surface area contributed by atoms with Crippen molar-refractivity contribution in [1.29, 1.82) is 0 Å². The van der Waals surface area contributed by atoms with Gasteiger partial charge in [-0.3, -0.25) is 9.59 Å². The molecule has 4 rings (SSSR count). The largest absolute Gasteiger partial charge is 0.344 e. The quantitative estimate of drug-likeness (QED) is 0.690. The van der Waals surface area contributed by atoms with Crippen LogP contribution in [0.5, 0.6) is 0 Å². The summed E-state index contributed by atoms with van der Waals surface area (Å²) in [7, 11) is 0. The Morgan fingerprint density at radius 3 is 2.50 bits per heavy atom. The van der Waals surface area contributed by atoms with Crippen LogP contribution in [0.4, 0.5) is 5.69 Å². The molecule has 1 atom stereocenters. The van der Waals surface area contributed by atoms with Gasteiger partial charge >= 0.3 is 0 Å². The monoisotopic (exact) mass is 377 g/mol. The third kappa shape index (κ3) is 3.37.